The van der Waals surface area contributed by atoms with Gasteiger partial charge in [0, 0.05) is 38.4 Å². The third kappa shape index (κ3) is 3.17. The van der Waals surface area contributed by atoms with Gasteiger partial charge in [-0.15, -0.1) is 0 Å². The molecule has 1 saturated heterocycles. The Morgan fingerprint density at radius 2 is 2.08 bits per heavy atom. The number of hydrogen-bond donors (Lipinski definition) is 1. The predicted molar refractivity (Wildman–Crippen MR) is 92.0 cm³/mol. The largest absolute Gasteiger partial charge is 0.354 e. The number of rotatable bonds is 5. The van der Waals surface area contributed by atoms with E-state index in [0.717, 1.165) is 36.4 Å². The Morgan fingerprint density at radius 1 is 1.32 bits per heavy atom. The average Bonchev–Trinajstić information content (AvgIpc) is 3.40. The molecule has 1 aliphatic heterocycles. The van der Waals surface area contributed by atoms with E-state index in [2.05, 4.69) is 25.2 Å². The molecule has 0 unspecified atom stereocenters. The van der Waals surface area contributed by atoms with Crippen molar-refractivity contribution in [3.05, 3.63) is 12.7 Å². The molecule has 1 aliphatic carbocycles. The number of halogens is 1. The van der Waals surface area contributed by atoms with Crippen molar-refractivity contribution in [2.24, 2.45) is 5.92 Å². The van der Waals surface area contributed by atoms with Crippen molar-refractivity contribution in [1.29, 1.82) is 0 Å². The molecule has 0 aromatic carbocycles. The fourth-order valence-corrected chi connectivity index (χ4v) is 3.36. The molecule has 2 aliphatic rings. The second-order valence-electron chi connectivity index (χ2n) is 7.03. The van der Waals surface area contributed by atoms with E-state index >= 15 is 0 Å². The van der Waals surface area contributed by atoms with Crippen molar-refractivity contribution in [3.8, 4) is 0 Å². The van der Waals surface area contributed by atoms with Crippen molar-refractivity contribution in [1.82, 2.24) is 24.8 Å². The lowest BCUT2D eigenvalue weighted by atomic mass is 9.93. The number of fused-ring (bicyclic) bond motifs is 1. The molecule has 0 spiro atoms. The first-order chi connectivity index (χ1) is 12.1. The number of anilines is 1. The zero-order valence-electron chi connectivity index (χ0n) is 14.4. The van der Waals surface area contributed by atoms with Gasteiger partial charge in [-0.2, -0.15) is 0 Å². The molecule has 1 amide bonds. The molecule has 7 nitrogen and oxygen atoms in total. The van der Waals surface area contributed by atoms with Crippen LogP contribution in [-0.2, 0) is 11.3 Å². The molecule has 2 aromatic heterocycles. The highest BCUT2D eigenvalue weighted by Gasteiger charge is 2.37. The Bertz CT molecular complexity index is 779. The van der Waals surface area contributed by atoms with E-state index in [4.69, 9.17) is 0 Å². The second kappa shape index (κ2) is 6.24. The van der Waals surface area contributed by atoms with Gasteiger partial charge in [-0.25, -0.2) is 19.3 Å². The van der Waals surface area contributed by atoms with Gasteiger partial charge in [0.1, 0.15) is 12.0 Å². The summed E-state index contributed by atoms with van der Waals surface area (Å²) in [6, 6.07) is 0. The number of aryl methyl sites for hydroxylation is 1. The van der Waals surface area contributed by atoms with Crippen molar-refractivity contribution in [2.45, 2.75) is 44.8 Å². The molecule has 2 aromatic rings. The standard InChI is InChI=1S/C17H23FN6O/c1-2-23-11-22-13-14(23)20-10-21-15(13)24-7-5-17(18,6-8-24)9-19-16(25)12-3-4-12/h10-12H,2-9H2,1H3,(H,19,25). The molecule has 2 fully saturated rings. The fraction of sp³-hybridized carbons (Fsp3) is 0.647. The minimum atomic E-state index is -1.34. The Kier molecular flexibility index (Phi) is 4.05. The summed E-state index contributed by atoms with van der Waals surface area (Å²) in [7, 11) is 0. The lowest BCUT2D eigenvalue weighted by Crippen LogP contribution is -2.48. The summed E-state index contributed by atoms with van der Waals surface area (Å²) in [5.74, 6) is 0.884. The van der Waals surface area contributed by atoms with Gasteiger partial charge < -0.3 is 14.8 Å². The predicted octanol–water partition coefficient (Wildman–Crippen LogP) is 1.68. The van der Waals surface area contributed by atoms with Gasteiger partial charge in [0.05, 0.1) is 12.9 Å². The summed E-state index contributed by atoms with van der Waals surface area (Å²) >= 11 is 0. The number of alkyl halides is 1. The van der Waals surface area contributed by atoms with Crippen molar-refractivity contribution < 1.29 is 9.18 Å². The van der Waals surface area contributed by atoms with Crippen LogP contribution in [0.25, 0.3) is 11.2 Å². The van der Waals surface area contributed by atoms with E-state index in [-0.39, 0.29) is 18.4 Å². The van der Waals surface area contributed by atoms with Gasteiger partial charge in [0.15, 0.2) is 17.0 Å². The minimum absolute atomic E-state index is 0.00192. The Hall–Kier alpha value is -2.25. The van der Waals surface area contributed by atoms with Gasteiger partial charge in [-0.05, 0) is 19.8 Å². The van der Waals surface area contributed by atoms with Crippen molar-refractivity contribution in [2.75, 3.05) is 24.5 Å². The van der Waals surface area contributed by atoms with E-state index < -0.39 is 5.67 Å². The van der Waals surface area contributed by atoms with E-state index in [0.29, 0.717) is 25.9 Å². The lowest BCUT2D eigenvalue weighted by Gasteiger charge is -2.37. The van der Waals surface area contributed by atoms with Crippen LogP contribution in [0.4, 0.5) is 10.2 Å². The Labute approximate surface area is 145 Å². The quantitative estimate of drug-likeness (QED) is 0.891. The highest BCUT2D eigenvalue weighted by atomic mass is 19.1. The fourth-order valence-electron chi connectivity index (χ4n) is 3.36. The lowest BCUT2D eigenvalue weighted by molar-refractivity contribution is -0.123. The summed E-state index contributed by atoms with van der Waals surface area (Å²) in [5.41, 5.74) is 0.231. The highest BCUT2D eigenvalue weighted by Crippen LogP contribution is 2.32. The van der Waals surface area contributed by atoms with Crippen LogP contribution in [0.3, 0.4) is 0 Å². The summed E-state index contributed by atoms with van der Waals surface area (Å²) in [6.45, 7) is 4.06. The van der Waals surface area contributed by atoms with Crippen LogP contribution in [0.5, 0.6) is 0 Å². The molecule has 8 heteroatoms. The molecule has 0 atom stereocenters. The first-order valence-corrected chi connectivity index (χ1v) is 8.97. The number of piperidine rings is 1. The number of aromatic nitrogens is 4. The molecule has 1 saturated carbocycles. The molecular formula is C17H23FN6O. The van der Waals surface area contributed by atoms with Crippen LogP contribution in [0, 0.1) is 5.92 Å². The van der Waals surface area contributed by atoms with Gasteiger partial charge in [0.2, 0.25) is 5.91 Å². The number of carbonyl (C=O) groups is 1. The second-order valence-corrected chi connectivity index (χ2v) is 7.03. The van der Waals surface area contributed by atoms with Gasteiger partial charge >= 0.3 is 0 Å². The van der Waals surface area contributed by atoms with E-state index in [1.165, 1.54) is 0 Å². The Morgan fingerprint density at radius 3 is 2.76 bits per heavy atom. The first-order valence-electron chi connectivity index (χ1n) is 8.97. The number of imidazole rings is 1. The SMILES string of the molecule is CCn1cnc2c(N3CCC(F)(CNC(=O)C4CC4)CC3)ncnc21. The van der Waals surface area contributed by atoms with E-state index in [1.807, 2.05) is 11.5 Å². The maximum absolute atomic E-state index is 15.0. The normalized spacial score (nSPS) is 20.0. The van der Waals surface area contributed by atoms with Crippen molar-refractivity contribution >= 4 is 22.9 Å². The maximum atomic E-state index is 15.0. The molecular weight excluding hydrogens is 323 g/mol. The van der Waals surface area contributed by atoms with Crippen LogP contribution < -0.4 is 10.2 Å². The number of hydrogen-bond acceptors (Lipinski definition) is 5. The summed E-state index contributed by atoms with van der Waals surface area (Å²) in [5, 5.41) is 2.78. The average molecular weight is 346 g/mol. The number of nitrogens with one attached hydrogen (secondary N) is 1. The number of amides is 1. The zero-order chi connectivity index (χ0) is 17.4. The van der Waals surface area contributed by atoms with Crippen LogP contribution in [0.2, 0.25) is 0 Å². The third-order valence-electron chi connectivity index (χ3n) is 5.21. The van der Waals surface area contributed by atoms with Crippen LogP contribution in [0.1, 0.15) is 32.6 Å². The van der Waals surface area contributed by atoms with Crippen LogP contribution in [-0.4, -0.2) is 50.7 Å². The number of carbonyl (C=O) groups excluding carboxylic acids is 1. The van der Waals surface area contributed by atoms with E-state index in [1.54, 1.807) is 12.7 Å². The van der Waals surface area contributed by atoms with Gasteiger partial charge in [0.25, 0.3) is 0 Å². The summed E-state index contributed by atoms with van der Waals surface area (Å²) in [6.07, 6.45) is 5.92. The number of nitrogens with zero attached hydrogens (tertiary/aromatic N) is 5. The van der Waals surface area contributed by atoms with Crippen LogP contribution >= 0.6 is 0 Å². The zero-order valence-corrected chi connectivity index (χ0v) is 14.4. The molecule has 134 valence electrons. The van der Waals surface area contributed by atoms with Crippen molar-refractivity contribution in [3.63, 3.8) is 0 Å². The molecule has 4 rings (SSSR count). The third-order valence-corrected chi connectivity index (χ3v) is 5.21. The molecule has 0 radical (unpaired) electrons. The minimum Gasteiger partial charge on any atom is -0.354 e. The first kappa shape index (κ1) is 16.2. The maximum Gasteiger partial charge on any atom is 0.223 e. The van der Waals surface area contributed by atoms with Gasteiger partial charge in [-0.3, -0.25) is 4.79 Å². The summed E-state index contributed by atoms with van der Waals surface area (Å²) < 4.78 is 17.0. The van der Waals surface area contributed by atoms with Gasteiger partial charge in [-0.1, -0.05) is 0 Å². The molecule has 1 N–H and O–H groups in total. The smallest absolute Gasteiger partial charge is 0.223 e. The molecule has 3 heterocycles. The highest BCUT2D eigenvalue weighted by molar-refractivity contribution is 5.83. The van der Waals surface area contributed by atoms with E-state index in [9.17, 15) is 9.18 Å². The summed E-state index contributed by atoms with van der Waals surface area (Å²) in [4.78, 5) is 26.9. The topological polar surface area (TPSA) is 75.9 Å². The molecule has 25 heavy (non-hydrogen) atoms. The van der Waals surface area contributed by atoms with Crippen LogP contribution in [0.15, 0.2) is 12.7 Å². The Balaban J connectivity index is 1.43. The molecule has 0 bridgehead atoms. The monoisotopic (exact) mass is 346 g/mol.